The Kier molecular flexibility index (Phi) is 7.82. The van der Waals surface area contributed by atoms with Gasteiger partial charge in [0.15, 0.2) is 4.84 Å². The van der Waals surface area contributed by atoms with Gasteiger partial charge in [0.25, 0.3) is 5.91 Å². The van der Waals surface area contributed by atoms with Gasteiger partial charge in [-0.2, -0.15) is 0 Å². The molecule has 0 aliphatic carbocycles. The fourth-order valence-corrected chi connectivity index (χ4v) is 3.12. The summed E-state index contributed by atoms with van der Waals surface area (Å²) in [5, 5.41) is 14.3. The maximum absolute atomic E-state index is 12.6. The van der Waals surface area contributed by atoms with Crippen molar-refractivity contribution in [3.8, 4) is 16.3 Å². The minimum Gasteiger partial charge on any atom is -0.497 e. The lowest BCUT2D eigenvalue weighted by Crippen LogP contribution is -2.49. The van der Waals surface area contributed by atoms with Crippen LogP contribution >= 0.6 is 34.5 Å². The van der Waals surface area contributed by atoms with Gasteiger partial charge in [-0.1, -0.05) is 66.9 Å². The van der Waals surface area contributed by atoms with Crippen LogP contribution in [-0.4, -0.2) is 40.0 Å². The number of anilines is 1. The second-order valence-corrected chi connectivity index (χ2v) is 7.88. The number of methoxy groups -OCH3 is 1. The van der Waals surface area contributed by atoms with E-state index in [-0.39, 0.29) is 5.92 Å². The van der Waals surface area contributed by atoms with E-state index < -0.39 is 22.7 Å². The highest BCUT2D eigenvalue weighted by Gasteiger charge is 2.28. The van der Waals surface area contributed by atoms with Gasteiger partial charge in [0.05, 0.1) is 7.11 Å². The third-order valence-corrected chi connectivity index (χ3v) is 5.25. The highest BCUT2D eigenvalue weighted by atomic mass is 35.5. The summed E-state index contributed by atoms with van der Waals surface area (Å²) >= 11 is 12.4. The van der Waals surface area contributed by atoms with Crippen molar-refractivity contribution in [2.24, 2.45) is 5.92 Å². The number of carbonyl (C=O) groups excluding carboxylic acids is 2. The Labute approximate surface area is 171 Å². The Morgan fingerprint density at radius 3 is 2.63 bits per heavy atom. The van der Waals surface area contributed by atoms with E-state index in [1.807, 2.05) is 38.1 Å². The molecule has 0 fully saturated rings. The molecule has 7 nitrogen and oxygen atoms in total. The smallest absolute Gasteiger partial charge is 0.253 e. The average Bonchev–Trinajstić information content (AvgIpc) is 3.13. The SMILES string of the molecule is CCC(C)C(NC(=O)C(Cl)Cl)C(=O)Nc1nnc(-c2cccc(OC)c2)s1. The summed E-state index contributed by atoms with van der Waals surface area (Å²) in [4.78, 5) is 23.2. The first-order valence-corrected chi connectivity index (χ1v) is 9.92. The van der Waals surface area contributed by atoms with Gasteiger partial charge in [-0.15, -0.1) is 10.2 Å². The fourth-order valence-electron chi connectivity index (χ4n) is 2.25. The maximum atomic E-state index is 12.6. The molecule has 1 heterocycles. The fraction of sp³-hybridized carbons (Fsp3) is 0.412. The van der Waals surface area contributed by atoms with Crippen molar-refractivity contribution in [3.05, 3.63) is 24.3 Å². The van der Waals surface area contributed by atoms with Crippen molar-refractivity contribution in [2.45, 2.75) is 31.1 Å². The summed E-state index contributed by atoms with van der Waals surface area (Å²) in [5.74, 6) is -0.440. The number of hydrogen-bond donors (Lipinski definition) is 2. The number of aromatic nitrogens is 2. The lowest BCUT2D eigenvalue weighted by Gasteiger charge is -2.23. The molecule has 10 heteroatoms. The molecule has 2 atom stereocenters. The Bertz CT molecular complexity index is 800. The first kappa shape index (κ1) is 21.4. The van der Waals surface area contributed by atoms with Gasteiger partial charge in [-0.25, -0.2) is 0 Å². The van der Waals surface area contributed by atoms with Crippen LogP contribution in [0.25, 0.3) is 10.6 Å². The van der Waals surface area contributed by atoms with E-state index in [9.17, 15) is 9.59 Å². The van der Waals surface area contributed by atoms with Crippen LogP contribution in [0.1, 0.15) is 20.3 Å². The van der Waals surface area contributed by atoms with Crippen molar-refractivity contribution < 1.29 is 14.3 Å². The monoisotopic (exact) mass is 430 g/mol. The molecule has 146 valence electrons. The number of rotatable bonds is 8. The first-order chi connectivity index (χ1) is 12.8. The average molecular weight is 431 g/mol. The van der Waals surface area contributed by atoms with Gasteiger partial charge < -0.3 is 10.1 Å². The molecule has 2 N–H and O–H groups in total. The van der Waals surface area contributed by atoms with Gasteiger partial charge in [-0.05, 0) is 18.1 Å². The van der Waals surface area contributed by atoms with Crippen LogP contribution in [-0.2, 0) is 9.59 Å². The number of hydrogen-bond acceptors (Lipinski definition) is 6. The van der Waals surface area contributed by atoms with E-state index in [0.29, 0.717) is 22.3 Å². The molecule has 0 saturated carbocycles. The maximum Gasteiger partial charge on any atom is 0.253 e. The molecule has 2 aromatic rings. The molecule has 0 aliphatic rings. The number of alkyl halides is 2. The van der Waals surface area contributed by atoms with Crippen LogP contribution in [0, 0.1) is 5.92 Å². The first-order valence-electron chi connectivity index (χ1n) is 8.23. The zero-order chi connectivity index (χ0) is 20.0. The molecule has 0 bridgehead atoms. The summed E-state index contributed by atoms with van der Waals surface area (Å²) in [7, 11) is 1.58. The van der Waals surface area contributed by atoms with Gasteiger partial charge in [0.2, 0.25) is 11.0 Å². The zero-order valence-corrected chi connectivity index (χ0v) is 17.4. The Morgan fingerprint density at radius 1 is 1.26 bits per heavy atom. The summed E-state index contributed by atoms with van der Waals surface area (Å²) in [5.41, 5.74) is 0.825. The number of carbonyl (C=O) groups is 2. The van der Waals surface area contributed by atoms with E-state index in [1.54, 1.807) is 7.11 Å². The molecular weight excluding hydrogens is 411 g/mol. The molecule has 0 spiro atoms. The van der Waals surface area contributed by atoms with Crippen molar-refractivity contribution in [1.82, 2.24) is 15.5 Å². The van der Waals surface area contributed by atoms with Gasteiger partial charge in [0.1, 0.15) is 16.8 Å². The number of halogens is 2. The predicted octanol–water partition coefficient (Wildman–Crippen LogP) is 3.49. The van der Waals surface area contributed by atoms with Crippen LogP contribution in [0.3, 0.4) is 0 Å². The Balaban J connectivity index is 2.13. The van der Waals surface area contributed by atoms with Gasteiger partial charge in [-0.3, -0.25) is 14.9 Å². The van der Waals surface area contributed by atoms with E-state index in [1.165, 1.54) is 11.3 Å². The molecule has 0 aliphatic heterocycles. The van der Waals surface area contributed by atoms with Crippen LogP contribution in [0.15, 0.2) is 24.3 Å². The molecule has 0 saturated heterocycles. The minimum absolute atomic E-state index is 0.119. The van der Waals surface area contributed by atoms with Crippen LogP contribution < -0.4 is 15.4 Å². The molecule has 0 radical (unpaired) electrons. The highest BCUT2D eigenvalue weighted by molar-refractivity contribution is 7.18. The van der Waals surface area contributed by atoms with E-state index >= 15 is 0 Å². The summed E-state index contributed by atoms with van der Waals surface area (Å²) in [6.45, 7) is 3.77. The number of nitrogens with one attached hydrogen (secondary N) is 2. The quantitative estimate of drug-likeness (QED) is 0.625. The molecule has 2 amide bonds. The number of benzene rings is 1. The summed E-state index contributed by atoms with van der Waals surface area (Å²) < 4.78 is 5.20. The largest absolute Gasteiger partial charge is 0.497 e. The van der Waals surface area contributed by atoms with Gasteiger partial charge in [0, 0.05) is 5.56 Å². The van der Waals surface area contributed by atoms with Crippen molar-refractivity contribution >= 4 is 51.5 Å². The number of nitrogens with zero attached hydrogens (tertiary/aromatic N) is 2. The normalized spacial score (nSPS) is 13.1. The number of amides is 2. The zero-order valence-electron chi connectivity index (χ0n) is 15.0. The van der Waals surface area contributed by atoms with E-state index in [0.717, 1.165) is 5.56 Å². The Hall–Kier alpha value is -1.90. The number of ether oxygens (including phenoxy) is 1. The van der Waals surface area contributed by atoms with E-state index in [2.05, 4.69) is 20.8 Å². The predicted molar refractivity (Wildman–Crippen MR) is 107 cm³/mol. The van der Waals surface area contributed by atoms with Crippen LogP contribution in [0.5, 0.6) is 5.75 Å². The minimum atomic E-state index is -1.24. The van der Waals surface area contributed by atoms with Crippen LogP contribution in [0.2, 0.25) is 0 Å². The standard InChI is InChI=1S/C17H20Cl2N4O3S/c1-4-9(2)12(20-15(25)13(18)19)14(24)21-17-23-22-16(27-17)10-6-5-7-11(8-10)26-3/h5-9,12-13H,4H2,1-3H3,(H,20,25)(H,21,23,24). The molecular formula is C17H20Cl2N4O3S. The highest BCUT2D eigenvalue weighted by Crippen LogP contribution is 2.29. The summed E-state index contributed by atoms with van der Waals surface area (Å²) in [6, 6.07) is 6.59. The molecule has 2 rings (SSSR count). The topological polar surface area (TPSA) is 93.2 Å². The molecule has 27 heavy (non-hydrogen) atoms. The van der Waals surface area contributed by atoms with Crippen molar-refractivity contribution in [1.29, 1.82) is 0 Å². The van der Waals surface area contributed by atoms with Gasteiger partial charge >= 0.3 is 0 Å². The lowest BCUT2D eigenvalue weighted by molar-refractivity contribution is -0.126. The van der Waals surface area contributed by atoms with E-state index in [4.69, 9.17) is 27.9 Å². The second kappa shape index (κ2) is 9.87. The summed E-state index contributed by atoms with van der Waals surface area (Å²) in [6.07, 6.45) is 0.679. The molecule has 1 aromatic heterocycles. The second-order valence-electron chi connectivity index (χ2n) is 5.81. The molecule has 1 aromatic carbocycles. The lowest BCUT2D eigenvalue weighted by atomic mass is 9.98. The van der Waals surface area contributed by atoms with Crippen molar-refractivity contribution in [3.63, 3.8) is 0 Å². The third kappa shape index (κ3) is 5.79. The van der Waals surface area contributed by atoms with Crippen LogP contribution in [0.4, 0.5) is 5.13 Å². The third-order valence-electron chi connectivity index (χ3n) is 3.96. The Morgan fingerprint density at radius 2 is 2.00 bits per heavy atom. The molecule has 2 unspecified atom stereocenters. The van der Waals surface area contributed by atoms with Crippen molar-refractivity contribution in [2.75, 3.05) is 12.4 Å².